The molecule has 0 aromatic heterocycles. The molecule has 9 heteroatoms. The van der Waals surface area contributed by atoms with Gasteiger partial charge in [0.2, 0.25) is 0 Å². The van der Waals surface area contributed by atoms with E-state index >= 15 is 0 Å². The van der Waals surface area contributed by atoms with E-state index in [-0.39, 0.29) is 0 Å². The topological polar surface area (TPSA) is 136 Å². The molecular weight excluding hydrogens is 167 g/mol. The van der Waals surface area contributed by atoms with Crippen LogP contribution >= 0.6 is 7.60 Å². The monoisotopic (exact) mass is 174 g/mol. The van der Waals surface area contributed by atoms with Crippen molar-refractivity contribution in [3.05, 3.63) is 10.1 Å². The third kappa shape index (κ3) is 54.5. The molecule has 8 nitrogen and oxygen atoms in total. The van der Waals surface area contributed by atoms with Crippen molar-refractivity contribution in [2.45, 2.75) is 0 Å². The average Bonchev–Trinajstić information content (AvgIpc) is 1.63. The van der Waals surface area contributed by atoms with Gasteiger partial charge in [0.15, 0.2) is 0 Å². The zero-order valence-corrected chi connectivity index (χ0v) is 5.89. The summed E-state index contributed by atoms with van der Waals surface area (Å²) in [5.74, 6) is 4.29. The first-order valence-corrected chi connectivity index (χ1v) is 3.84. The molecule has 4 N–H and O–H groups in total. The predicted octanol–water partition coefficient (Wildman–Crippen LogP) is -0.656. The average molecular weight is 174 g/mol. The first-order valence-electron chi connectivity index (χ1n) is 1.81. The van der Waals surface area contributed by atoms with Gasteiger partial charge in [-0.05, 0) is 0 Å². The van der Waals surface area contributed by atoms with E-state index in [1.54, 1.807) is 0 Å². The van der Waals surface area contributed by atoms with Crippen LogP contribution in [0.5, 0.6) is 0 Å². The van der Waals surface area contributed by atoms with Crippen LogP contribution in [-0.2, 0) is 9.19 Å². The zero-order chi connectivity index (χ0) is 8.78. The van der Waals surface area contributed by atoms with Gasteiger partial charge in [0.25, 0.3) is 5.09 Å². The molecule has 1 unspecified atom stereocenters. The van der Waals surface area contributed by atoms with E-state index in [0.29, 0.717) is 0 Å². The molecule has 0 saturated heterocycles. The summed E-state index contributed by atoms with van der Waals surface area (Å²) in [4.78, 5) is 16.4. The molecule has 0 radical (unpaired) electrons. The number of nitrogens with zero attached hydrogens (tertiary/aromatic N) is 1. The lowest BCUT2D eigenvalue weighted by atomic mass is 12.0. The van der Waals surface area contributed by atoms with E-state index in [0.717, 1.165) is 6.66 Å². The number of nitrogens with two attached hydrogens (primary N) is 1. The van der Waals surface area contributed by atoms with E-state index < -0.39 is 12.7 Å². The van der Waals surface area contributed by atoms with Crippen molar-refractivity contribution in [3.8, 4) is 0 Å². The maximum absolute atomic E-state index is 9.79. The van der Waals surface area contributed by atoms with Crippen LogP contribution in [0.1, 0.15) is 0 Å². The molecule has 0 rings (SSSR count). The Morgan fingerprint density at radius 3 is 1.90 bits per heavy atom. The lowest BCUT2D eigenvalue weighted by Gasteiger charge is -1.94. The predicted molar refractivity (Wildman–Crippen MR) is 29.8 cm³/mol. The lowest BCUT2D eigenvalue weighted by Crippen LogP contribution is -1.93. The molecular formula is CH7N2O6P. The molecule has 0 aliphatic carbocycles. The van der Waals surface area contributed by atoms with Crippen LogP contribution in [0.15, 0.2) is 0 Å². The summed E-state index contributed by atoms with van der Waals surface area (Å²) >= 11 is 0. The van der Waals surface area contributed by atoms with E-state index in [1.165, 1.54) is 0 Å². The fourth-order valence-electron chi connectivity index (χ4n) is 0. The molecule has 0 bridgehead atoms. The fraction of sp³-hybridized carbons (Fsp3) is 1.00. The maximum Gasteiger partial charge on any atom is 0.341 e. The van der Waals surface area contributed by atoms with Crippen LogP contribution in [0.3, 0.4) is 0 Å². The van der Waals surface area contributed by atoms with Gasteiger partial charge < -0.3 is 10.1 Å². The molecule has 0 aromatic carbocycles. The molecule has 0 saturated carbocycles. The van der Waals surface area contributed by atoms with Crippen LogP contribution in [0, 0.1) is 10.1 Å². The molecule has 0 aromatic rings. The number of hydrogen-bond donors (Lipinski definition) is 3. The molecule has 10 heavy (non-hydrogen) atoms. The minimum atomic E-state index is -3.37. The summed E-state index contributed by atoms with van der Waals surface area (Å²) in [6.07, 6.45) is 0. The van der Waals surface area contributed by atoms with Crippen LogP contribution in [0.4, 0.5) is 0 Å². The SMILES string of the molecule is CP(=O)(O)ON.O=[N+]([O-])O. The van der Waals surface area contributed by atoms with E-state index in [1.807, 2.05) is 0 Å². The largest absolute Gasteiger partial charge is 0.341 e. The maximum atomic E-state index is 9.79. The van der Waals surface area contributed by atoms with E-state index in [4.69, 9.17) is 20.2 Å². The van der Waals surface area contributed by atoms with Gasteiger partial charge in [0, 0.05) is 6.66 Å². The molecule has 1 atom stereocenters. The normalized spacial score (nSPS) is 14.3. The Kier molecular flexibility index (Phi) is 6.16. The standard InChI is InChI=1S/CH6NO3P.HNO3/c1-6(3,4)5-2;2-1(3)4/h2H2,1H3,(H,3,4);(H,2,3,4). The van der Waals surface area contributed by atoms with Crippen molar-refractivity contribution in [2.75, 3.05) is 6.66 Å². The van der Waals surface area contributed by atoms with Crippen LogP contribution < -0.4 is 5.90 Å². The van der Waals surface area contributed by atoms with Gasteiger partial charge in [-0.3, -0.25) is 4.57 Å². The molecule has 0 heterocycles. The van der Waals surface area contributed by atoms with Crippen molar-refractivity contribution in [1.29, 1.82) is 0 Å². The lowest BCUT2D eigenvalue weighted by molar-refractivity contribution is -0.742. The minimum Gasteiger partial charge on any atom is -0.328 e. The summed E-state index contributed by atoms with van der Waals surface area (Å²) in [5.41, 5.74) is 0. The summed E-state index contributed by atoms with van der Waals surface area (Å²) in [7, 11) is -3.37. The number of rotatable bonds is 1. The Bertz CT molecular complexity index is 135. The first kappa shape index (κ1) is 12.0. The van der Waals surface area contributed by atoms with Gasteiger partial charge >= 0.3 is 7.60 Å². The van der Waals surface area contributed by atoms with Gasteiger partial charge in [0.05, 0.1) is 0 Å². The van der Waals surface area contributed by atoms with Crippen molar-refractivity contribution < 1.29 is 24.4 Å². The van der Waals surface area contributed by atoms with Crippen molar-refractivity contribution >= 4 is 7.60 Å². The molecule has 62 valence electrons. The van der Waals surface area contributed by atoms with Gasteiger partial charge in [-0.2, -0.15) is 0 Å². The first-order chi connectivity index (χ1) is 4.29. The second kappa shape index (κ2) is 5.12. The van der Waals surface area contributed by atoms with Crippen molar-refractivity contribution in [1.82, 2.24) is 0 Å². The molecule has 0 aliphatic heterocycles. The molecule has 0 aliphatic rings. The number of hydrogen-bond acceptors (Lipinski definition) is 5. The Labute approximate surface area is 55.8 Å². The highest BCUT2D eigenvalue weighted by Gasteiger charge is 2.04. The minimum absolute atomic E-state index is 1.01. The third-order valence-electron chi connectivity index (χ3n) is 0.196. The second-order valence-corrected chi connectivity index (χ2v) is 2.96. The summed E-state index contributed by atoms with van der Waals surface area (Å²) in [6.45, 7) is 1.01. The van der Waals surface area contributed by atoms with Crippen LogP contribution in [0.25, 0.3) is 0 Å². The van der Waals surface area contributed by atoms with Gasteiger partial charge in [-0.25, -0.2) is 10.5 Å². The highest BCUT2D eigenvalue weighted by molar-refractivity contribution is 7.51. The second-order valence-electron chi connectivity index (χ2n) is 1.15. The third-order valence-corrected chi connectivity index (χ3v) is 0.587. The van der Waals surface area contributed by atoms with Crippen LogP contribution in [0.2, 0.25) is 0 Å². The Hall–Kier alpha value is -0.690. The Morgan fingerprint density at radius 2 is 1.90 bits per heavy atom. The molecule has 0 amide bonds. The Morgan fingerprint density at radius 1 is 1.80 bits per heavy atom. The van der Waals surface area contributed by atoms with E-state index in [9.17, 15) is 4.57 Å². The summed E-state index contributed by atoms with van der Waals surface area (Å²) < 4.78 is 13.3. The fourth-order valence-corrected chi connectivity index (χ4v) is 0. The Balaban J connectivity index is 0. The molecule has 0 fully saturated rings. The smallest absolute Gasteiger partial charge is 0.328 e. The summed E-state index contributed by atoms with van der Waals surface area (Å²) in [5, 5.41) is 13.6. The van der Waals surface area contributed by atoms with E-state index in [2.05, 4.69) is 10.5 Å². The van der Waals surface area contributed by atoms with Crippen molar-refractivity contribution in [3.63, 3.8) is 0 Å². The quantitative estimate of drug-likeness (QED) is 0.272. The van der Waals surface area contributed by atoms with Crippen LogP contribution in [-0.4, -0.2) is 21.9 Å². The zero-order valence-electron chi connectivity index (χ0n) is 5.00. The van der Waals surface area contributed by atoms with Gasteiger partial charge in [-0.1, -0.05) is 0 Å². The van der Waals surface area contributed by atoms with Gasteiger partial charge in [0.1, 0.15) is 0 Å². The van der Waals surface area contributed by atoms with Gasteiger partial charge in [-0.15, -0.1) is 10.1 Å². The van der Waals surface area contributed by atoms with Crippen molar-refractivity contribution in [2.24, 2.45) is 5.90 Å². The highest BCUT2D eigenvalue weighted by Crippen LogP contribution is 2.32. The molecule has 0 spiro atoms. The summed E-state index contributed by atoms with van der Waals surface area (Å²) in [6, 6.07) is 0. The highest BCUT2D eigenvalue weighted by atomic mass is 31.2.